The molecule has 0 bridgehead atoms. The molecule has 0 amide bonds. The molecule has 2 nitrogen and oxygen atoms in total. The first kappa shape index (κ1) is 13.8. The molecular formula is C16H15ClO2S. The van der Waals surface area contributed by atoms with Crippen molar-refractivity contribution in [1.29, 1.82) is 0 Å². The lowest BCUT2D eigenvalue weighted by molar-refractivity contribution is 0.211. The molecule has 0 spiro atoms. The second kappa shape index (κ2) is 5.68. The lowest BCUT2D eigenvalue weighted by atomic mass is 9.98. The number of hydrogen-bond donors (Lipinski definition) is 1. The zero-order chi connectivity index (χ0) is 14.1. The van der Waals surface area contributed by atoms with Crippen LogP contribution in [0.25, 0.3) is 0 Å². The maximum Gasteiger partial charge on any atom is 0.128 e. The highest BCUT2D eigenvalue weighted by molar-refractivity contribution is 7.98. The number of aliphatic hydroxyl groups is 1. The average molecular weight is 307 g/mol. The molecule has 1 aliphatic rings. The first-order valence-corrected chi connectivity index (χ1v) is 8.07. The molecule has 0 aliphatic carbocycles. The van der Waals surface area contributed by atoms with Crippen LogP contribution in [0, 0.1) is 0 Å². The molecule has 1 unspecified atom stereocenters. The number of fused-ring (bicyclic) bond motifs is 1. The minimum absolute atomic E-state index is 0.643. The van der Waals surface area contributed by atoms with E-state index < -0.39 is 6.10 Å². The van der Waals surface area contributed by atoms with Crippen LogP contribution in [0.5, 0.6) is 5.75 Å². The summed E-state index contributed by atoms with van der Waals surface area (Å²) in [4.78, 5) is 1.06. The van der Waals surface area contributed by atoms with Gasteiger partial charge in [0.2, 0.25) is 0 Å². The van der Waals surface area contributed by atoms with Gasteiger partial charge in [-0.2, -0.15) is 0 Å². The smallest absolute Gasteiger partial charge is 0.128 e. The fourth-order valence-corrected chi connectivity index (χ4v) is 3.44. The van der Waals surface area contributed by atoms with Crippen molar-refractivity contribution in [2.45, 2.75) is 17.4 Å². The van der Waals surface area contributed by atoms with Crippen LogP contribution in [-0.4, -0.2) is 18.0 Å². The van der Waals surface area contributed by atoms with Gasteiger partial charge in [0.25, 0.3) is 0 Å². The highest BCUT2D eigenvalue weighted by atomic mass is 35.5. The van der Waals surface area contributed by atoms with Crippen molar-refractivity contribution in [2.24, 2.45) is 0 Å². The summed E-state index contributed by atoms with van der Waals surface area (Å²) in [5, 5.41) is 11.4. The predicted molar refractivity (Wildman–Crippen MR) is 82.9 cm³/mol. The van der Waals surface area contributed by atoms with Crippen LogP contribution in [0.3, 0.4) is 0 Å². The van der Waals surface area contributed by atoms with Crippen LogP contribution in [-0.2, 0) is 6.42 Å². The largest absolute Gasteiger partial charge is 0.493 e. The van der Waals surface area contributed by atoms with E-state index >= 15 is 0 Å². The molecule has 1 N–H and O–H groups in total. The van der Waals surface area contributed by atoms with Gasteiger partial charge in [-0.25, -0.2) is 0 Å². The fourth-order valence-electron chi connectivity index (χ4n) is 2.56. The fraction of sp³-hybridized carbons (Fsp3) is 0.250. The van der Waals surface area contributed by atoms with Crippen molar-refractivity contribution in [3.05, 3.63) is 58.1 Å². The normalized spacial score (nSPS) is 14.8. The number of hydrogen-bond acceptors (Lipinski definition) is 3. The maximum absolute atomic E-state index is 10.7. The third kappa shape index (κ3) is 2.41. The first-order valence-electron chi connectivity index (χ1n) is 6.47. The van der Waals surface area contributed by atoms with E-state index in [1.165, 1.54) is 0 Å². The molecule has 104 valence electrons. The van der Waals surface area contributed by atoms with Crippen LogP contribution >= 0.6 is 23.4 Å². The third-order valence-electron chi connectivity index (χ3n) is 3.51. The second-order valence-corrected chi connectivity index (χ2v) is 6.01. The number of aliphatic hydroxyl groups excluding tert-OH is 1. The Morgan fingerprint density at radius 2 is 2.05 bits per heavy atom. The van der Waals surface area contributed by atoms with Crippen molar-refractivity contribution in [3.63, 3.8) is 0 Å². The predicted octanol–water partition coefficient (Wildman–Crippen LogP) is 4.08. The van der Waals surface area contributed by atoms with Gasteiger partial charge in [0.05, 0.1) is 6.61 Å². The summed E-state index contributed by atoms with van der Waals surface area (Å²) in [7, 11) is 0. The Kier molecular flexibility index (Phi) is 3.92. The van der Waals surface area contributed by atoms with Gasteiger partial charge < -0.3 is 9.84 Å². The Bertz CT molecular complexity index is 642. The van der Waals surface area contributed by atoms with Crippen LogP contribution in [0.4, 0.5) is 0 Å². The molecule has 4 heteroatoms. The molecule has 20 heavy (non-hydrogen) atoms. The Labute approximate surface area is 127 Å². The summed E-state index contributed by atoms with van der Waals surface area (Å²) >= 11 is 7.78. The van der Waals surface area contributed by atoms with Gasteiger partial charge in [0.1, 0.15) is 11.9 Å². The summed E-state index contributed by atoms with van der Waals surface area (Å²) in [5.74, 6) is 0.790. The van der Waals surface area contributed by atoms with Gasteiger partial charge >= 0.3 is 0 Å². The minimum Gasteiger partial charge on any atom is -0.493 e. The van der Waals surface area contributed by atoms with Crippen molar-refractivity contribution in [3.8, 4) is 5.75 Å². The summed E-state index contributed by atoms with van der Waals surface area (Å²) in [6, 6.07) is 11.6. The highest BCUT2D eigenvalue weighted by Gasteiger charge is 2.24. The van der Waals surface area contributed by atoms with Gasteiger partial charge in [-0.05, 0) is 35.6 Å². The Morgan fingerprint density at radius 1 is 1.25 bits per heavy atom. The first-order chi connectivity index (χ1) is 9.70. The SMILES string of the molecule is CSc1ccccc1C(O)c1cc(Cl)cc2c1OCC2. The quantitative estimate of drug-likeness (QED) is 0.867. The number of rotatable bonds is 3. The molecule has 0 aromatic heterocycles. The molecule has 0 radical (unpaired) electrons. The van der Waals surface area contributed by atoms with Gasteiger partial charge in [-0.3, -0.25) is 0 Å². The highest BCUT2D eigenvalue weighted by Crippen LogP contribution is 2.40. The number of benzene rings is 2. The van der Waals surface area contributed by atoms with E-state index in [-0.39, 0.29) is 0 Å². The van der Waals surface area contributed by atoms with Crippen molar-refractivity contribution in [2.75, 3.05) is 12.9 Å². The molecule has 2 aromatic rings. The summed E-state index contributed by atoms with van der Waals surface area (Å²) < 4.78 is 5.68. The summed E-state index contributed by atoms with van der Waals surface area (Å²) in [6.07, 6.45) is 2.13. The topological polar surface area (TPSA) is 29.5 Å². The summed E-state index contributed by atoms with van der Waals surface area (Å²) in [6.45, 7) is 0.652. The monoisotopic (exact) mass is 306 g/mol. The van der Waals surface area contributed by atoms with E-state index in [4.69, 9.17) is 16.3 Å². The van der Waals surface area contributed by atoms with Crippen molar-refractivity contribution < 1.29 is 9.84 Å². The molecular weight excluding hydrogens is 292 g/mol. The van der Waals surface area contributed by atoms with Gasteiger partial charge in [-0.1, -0.05) is 29.8 Å². The Morgan fingerprint density at radius 3 is 2.85 bits per heavy atom. The van der Waals surface area contributed by atoms with E-state index in [9.17, 15) is 5.11 Å². The number of thioether (sulfide) groups is 1. The van der Waals surface area contributed by atoms with E-state index in [2.05, 4.69) is 0 Å². The molecule has 1 aliphatic heterocycles. The molecule has 0 saturated heterocycles. The van der Waals surface area contributed by atoms with Gasteiger partial charge in [-0.15, -0.1) is 11.8 Å². The Balaban J connectivity index is 2.09. The van der Waals surface area contributed by atoms with Crippen LogP contribution in [0.15, 0.2) is 41.3 Å². The van der Waals surface area contributed by atoms with Crippen LogP contribution < -0.4 is 4.74 Å². The zero-order valence-electron chi connectivity index (χ0n) is 11.1. The molecule has 2 aromatic carbocycles. The molecule has 3 rings (SSSR count). The molecule has 0 fully saturated rings. The molecule has 1 atom stereocenters. The van der Waals surface area contributed by atoms with E-state index in [0.29, 0.717) is 11.6 Å². The zero-order valence-corrected chi connectivity index (χ0v) is 12.7. The van der Waals surface area contributed by atoms with E-state index in [0.717, 1.165) is 33.8 Å². The van der Waals surface area contributed by atoms with E-state index in [1.807, 2.05) is 36.6 Å². The van der Waals surface area contributed by atoms with Gasteiger partial charge in [0, 0.05) is 21.9 Å². The Hall–Kier alpha value is -1.16. The lowest BCUT2D eigenvalue weighted by Gasteiger charge is -2.18. The number of halogens is 1. The maximum atomic E-state index is 10.7. The van der Waals surface area contributed by atoms with Crippen LogP contribution in [0.1, 0.15) is 22.8 Å². The van der Waals surface area contributed by atoms with Crippen LogP contribution in [0.2, 0.25) is 5.02 Å². The van der Waals surface area contributed by atoms with Crippen molar-refractivity contribution in [1.82, 2.24) is 0 Å². The average Bonchev–Trinajstić information content (AvgIpc) is 2.93. The third-order valence-corrected chi connectivity index (χ3v) is 4.54. The molecule has 1 heterocycles. The molecule has 0 saturated carbocycles. The summed E-state index contributed by atoms with van der Waals surface area (Å²) in [5.41, 5.74) is 2.72. The standard InChI is InChI=1S/C16H15ClO2S/c1-20-14-5-3-2-4-12(14)15(18)13-9-11(17)8-10-6-7-19-16(10)13/h2-5,8-9,15,18H,6-7H2,1H3. The van der Waals surface area contributed by atoms with Gasteiger partial charge in [0.15, 0.2) is 0 Å². The minimum atomic E-state index is -0.718. The second-order valence-electron chi connectivity index (χ2n) is 4.73. The van der Waals surface area contributed by atoms with Crippen molar-refractivity contribution >= 4 is 23.4 Å². The van der Waals surface area contributed by atoms with E-state index in [1.54, 1.807) is 17.8 Å². The number of ether oxygens (including phenoxy) is 1. The lowest BCUT2D eigenvalue weighted by Crippen LogP contribution is -2.03.